The van der Waals surface area contributed by atoms with E-state index >= 15 is 0 Å². The number of likely N-dealkylation sites (tertiary alicyclic amines) is 1. The van der Waals surface area contributed by atoms with Crippen molar-refractivity contribution in [2.45, 2.75) is 63.3 Å². The van der Waals surface area contributed by atoms with E-state index in [1.807, 2.05) is 17.9 Å². The van der Waals surface area contributed by atoms with Crippen LogP contribution in [0.3, 0.4) is 0 Å². The monoisotopic (exact) mass is 388 g/mol. The summed E-state index contributed by atoms with van der Waals surface area (Å²) in [6, 6.07) is 7.29. The number of nitrogens with one attached hydrogen (secondary N) is 2. The van der Waals surface area contributed by atoms with E-state index in [-0.39, 0.29) is 23.2 Å². The van der Waals surface area contributed by atoms with Crippen LogP contribution >= 0.6 is 0 Å². The number of aliphatic imine (C=N–C) groups is 1. The summed E-state index contributed by atoms with van der Waals surface area (Å²) >= 11 is 0. The second-order valence-corrected chi connectivity index (χ2v) is 8.10. The van der Waals surface area contributed by atoms with Crippen LogP contribution in [0.5, 0.6) is 0 Å². The van der Waals surface area contributed by atoms with Crippen molar-refractivity contribution >= 4 is 11.9 Å². The lowest BCUT2D eigenvalue weighted by molar-refractivity contribution is -0.129. The van der Waals surface area contributed by atoms with E-state index < -0.39 is 0 Å². The normalized spacial score (nSPS) is 22.2. The highest BCUT2D eigenvalue weighted by Crippen LogP contribution is 2.39. The Hall–Kier alpha value is -2.11. The molecule has 5 nitrogen and oxygen atoms in total. The number of hydrogen-bond donors (Lipinski definition) is 2. The second kappa shape index (κ2) is 9.39. The summed E-state index contributed by atoms with van der Waals surface area (Å²) in [5.41, 5.74) is 1.02. The van der Waals surface area contributed by atoms with Gasteiger partial charge in [0.15, 0.2) is 5.96 Å². The van der Waals surface area contributed by atoms with Crippen molar-refractivity contribution in [3.8, 4) is 0 Å². The lowest BCUT2D eigenvalue weighted by Gasteiger charge is -2.38. The van der Waals surface area contributed by atoms with Crippen LogP contribution in [0.2, 0.25) is 0 Å². The zero-order chi connectivity index (χ0) is 20.0. The van der Waals surface area contributed by atoms with Gasteiger partial charge in [0, 0.05) is 44.6 Å². The van der Waals surface area contributed by atoms with Gasteiger partial charge in [-0.2, -0.15) is 0 Å². The molecule has 0 bridgehead atoms. The Bertz CT molecular complexity index is 700. The molecule has 2 N–H and O–H groups in total. The Morgan fingerprint density at radius 1 is 1.32 bits per heavy atom. The van der Waals surface area contributed by atoms with Crippen LogP contribution < -0.4 is 10.6 Å². The molecule has 1 saturated carbocycles. The molecule has 3 rings (SSSR count). The summed E-state index contributed by atoms with van der Waals surface area (Å²) in [7, 11) is 1.77. The molecule has 1 atom stereocenters. The number of amides is 1. The number of benzene rings is 1. The van der Waals surface area contributed by atoms with E-state index in [1.165, 1.54) is 25.3 Å². The molecule has 0 aromatic heterocycles. The molecule has 1 heterocycles. The zero-order valence-electron chi connectivity index (χ0n) is 17.1. The van der Waals surface area contributed by atoms with E-state index in [1.54, 1.807) is 13.1 Å². The van der Waals surface area contributed by atoms with E-state index in [4.69, 9.17) is 0 Å². The molecular formula is C22H33FN4O. The van der Waals surface area contributed by atoms with Gasteiger partial charge >= 0.3 is 0 Å². The second-order valence-electron chi connectivity index (χ2n) is 8.10. The largest absolute Gasteiger partial charge is 0.356 e. The molecule has 2 fully saturated rings. The van der Waals surface area contributed by atoms with E-state index in [2.05, 4.69) is 21.7 Å². The van der Waals surface area contributed by atoms with Gasteiger partial charge < -0.3 is 15.5 Å². The molecule has 28 heavy (non-hydrogen) atoms. The van der Waals surface area contributed by atoms with E-state index in [9.17, 15) is 9.18 Å². The highest BCUT2D eigenvalue weighted by atomic mass is 19.1. The fourth-order valence-corrected chi connectivity index (χ4v) is 4.58. The van der Waals surface area contributed by atoms with Gasteiger partial charge in [-0.25, -0.2) is 4.39 Å². The lowest BCUT2D eigenvalue weighted by atomic mass is 9.69. The Morgan fingerprint density at radius 2 is 2.11 bits per heavy atom. The molecule has 2 aliphatic rings. The summed E-state index contributed by atoms with van der Waals surface area (Å²) < 4.78 is 13.9. The molecule has 154 valence electrons. The molecule has 1 saturated heterocycles. The summed E-state index contributed by atoms with van der Waals surface area (Å²) in [4.78, 5) is 18.2. The zero-order valence-corrected chi connectivity index (χ0v) is 17.1. The summed E-state index contributed by atoms with van der Waals surface area (Å²) in [6.45, 7) is 4.16. The topological polar surface area (TPSA) is 56.7 Å². The van der Waals surface area contributed by atoms with Crippen LogP contribution in [0.1, 0.15) is 57.4 Å². The number of rotatable bonds is 5. The van der Waals surface area contributed by atoms with Crippen molar-refractivity contribution in [3.05, 3.63) is 35.6 Å². The minimum absolute atomic E-state index is 0.0577. The van der Waals surface area contributed by atoms with Crippen LogP contribution in [-0.4, -0.2) is 49.5 Å². The molecular weight excluding hydrogens is 355 g/mol. The molecule has 1 aromatic carbocycles. The third-order valence-corrected chi connectivity index (χ3v) is 6.25. The van der Waals surface area contributed by atoms with Gasteiger partial charge in [-0.05, 0) is 37.0 Å². The van der Waals surface area contributed by atoms with Crippen molar-refractivity contribution in [1.29, 1.82) is 0 Å². The van der Waals surface area contributed by atoms with Crippen LogP contribution in [-0.2, 0) is 10.2 Å². The van der Waals surface area contributed by atoms with Gasteiger partial charge in [0.1, 0.15) is 5.82 Å². The SMILES string of the molecule is CCC(=O)N1CCC(NC(=NC)NCC2(c3cccc(F)c3)CCCCC2)C1. The first-order valence-electron chi connectivity index (χ1n) is 10.6. The minimum Gasteiger partial charge on any atom is -0.356 e. The van der Waals surface area contributed by atoms with Gasteiger partial charge in [-0.1, -0.05) is 38.3 Å². The fraction of sp³-hybridized carbons (Fsp3) is 0.636. The number of guanidine groups is 1. The van der Waals surface area contributed by atoms with Crippen molar-refractivity contribution < 1.29 is 9.18 Å². The molecule has 0 radical (unpaired) electrons. The third-order valence-electron chi connectivity index (χ3n) is 6.25. The minimum atomic E-state index is -0.170. The Balaban J connectivity index is 1.63. The van der Waals surface area contributed by atoms with Gasteiger partial charge in [0.05, 0.1) is 0 Å². The van der Waals surface area contributed by atoms with Crippen LogP contribution in [0.4, 0.5) is 4.39 Å². The third kappa shape index (κ3) is 4.83. The first-order chi connectivity index (χ1) is 13.6. The summed E-state index contributed by atoms with van der Waals surface area (Å²) in [5.74, 6) is 0.799. The summed E-state index contributed by atoms with van der Waals surface area (Å²) in [6.07, 6.45) is 7.18. The molecule has 6 heteroatoms. The highest BCUT2D eigenvalue weighted by Gasteiger charge is 2.34. The van der Waals surface area contributed by atoms with Gasteiger partial charge in [0.25, 0.3) is 0 Å². The standard InChI is InChI=1S/C22H33FN4O/c1-3-20(28)27-13-10-19(15-27)26-21(24-2)25-16-22(11-5-4-6-12-22)17-8-7-9-18(23)14-17/h7-9,14,19H,3-6,10-13,15-16H2,1-2H3,(H2,24,25,26). The highest BCUT2D eigenvalue weighted by molar-refractivity contribution is 5.80. The molecule has 0 spiro atoms. The lowest BCUT2D eigenvalue weighted by Crippen LogP contribution is -2.49. The molecule has 1 unspecified atom stereocenters. The van der Waals surface area contributed by atoms with E-state index in [0.29, 0.717) is 6.42 Å². The van der Waals surface area contributed by atoms with E-state index in [0.717, 1.165) is 50.4 Å². The molecule has 1 aromatic rings. The fourth-order valence-electron chi connectivity index (χ4n) is 4.58. The number of carbonyl (C=O) groups excluding carboxylic acids is 1. The molecule has 1 aliphatic heterocycles. The number of nitrogens with zero attached hydrogens (tertiary/aromatic N) is 2. The average Bonchev–Trinajstić information content (AvgIpc) is 3.19. The average molecular weight is 389 g/mol. The first-order valence-corrected chi connectivity index (χ1v) is 10.6. The van der Waals surface area contributed by atoms with Crippen molar-refractivity contribution in [3.63, 3.8) is 0 Å². The van der Waals surface area contributed by atoms with Gasteiger partial charge in [-0.15, -0.1) is 0 Å². The smallest absolute Gasteiger partial charge is 0.222 e. The van der Waals surface area contributed by atoms with Crippen molar-refractivity contribution in [2.75, 3.05) is 26.7 Å². The van der Waals surface area contributed by atoms with Crippen molar-refractivity contribution in [2.24, 2.45) is 4.99 Å². The quantitative estimate of drug-likeness (QED) is 0.602. The summed E-state index contributed by atoms with van der Waals surface area (Å²) in [5, 5.41) is 6.96. The van der Waals surface area contributed by atoms with Crippen LogP contribution in [0.25, 0.3) is 0 Å². The maximum atomic E-state index is 13.9. The molecule has 1 amide bonds. The maximum Gasteiger partial charge on any atom is 0.222 e. The van der Waals surface area contributed by atoms with Gasteiger partial charge in [0.2, 0.25) is 5.91 Å². The van der Waals surface area contributed by atoms with Crippen molar-refractivity contribution in [1.82, 2.24) is 15.5 Å². The Morgan fingerprint density at radius 3 is 2.79 bits per heavy atom. The number of halogens is 1. The Labute approximate surface area is 167 Å². The maximum absolute atomic E-state index is 13.9. The van der Waals surface area contributed by atoms with Crippen LogP contribution in [0, 0.1) is 5.82 Å². The number of hydrogen-bond acceptors (Lipinski definition) is 2. The predicted molar refractivity (Wildman–Crippen MR) is 111 cm³/mol. The predicted octanol–water partition coefficient (Wildman–Crippen LogP) is 3.20. The molecule has 1 aliphatic carbocycles. The van der Waals surface area contributed by atoms with Crippen LogP contribution in [0.15, 0.2) is 29.3 Å². The first kappa shape index (κ1) is 20.6. The Kier molecular flexibility index (Phi) is 6.92. The van der Waals surface area contributed by atoms with Gasteiger partial charge in [-0.3, -0.25) is 9.79 Å². The number of carbonyl (C=O) groups is 1.